The van der Waals surface area contributed by atoms with Crippen LogP contribution in [-0.4, -0.2) is 28.3 Å². The topological polar surface area (TPSA) is 44.2 Å². The van der Waals surface area contributed by atoms with Crippen LogP contribution in [0.2, 0.25) is 0 Å². The lowest BCUT2D eigenvalue weighted by molar-refractivity contribution is 0.00578. The van der Waals surface area contributed by atoms with Crippen molar-refractivity contribution in [3.8, 4) is 33.8 Å². The fourth-order valence-electron chi connectivity index (χ4n) is 4.03. The SMILES string of the molecule is CC1(C)OB(c2ccccc2-c2cnc(-c3ccccc3)c(-c3ccccc3)n2)OC1(C)C. The summed E-state index contributed by atoms with van der Waals surface area (Å²) in [6.45, 7) is 8.27. The number of aromatic nitrogens is 2. The Morgan fingerprint density at radius 3 is 1.76 bits per heavy atom. The lowest BCUT2D eigenvalue weighted by Gasteiger charge is -2.32. The molecular weight excluding hydrogens is 407 g/mol. The van der Waals surface area contributed by atoms with E-state index in [1.165, 1.54) is 0 Å². The molecule has 1 aliphatic rings. The first-order chi connectivity index (χ1) is 15.9. The molecule has 1 saturated heterocycles. The van der Waals surface area contributed by atoms with Gasteiger partial charge in [-0.05, 0) is 33.2 Å². The lowest BCUT2D eigenvalue weighted by Crippen LogP contribution is -2.41. The smallest absolute Gasteiger partial charge is 0.399 e. The van der Waals surface area contributed by atoms with Crippen LogP contribution < -0.4 is 5.46 Å². The highest BCUT2D eigenvalue weighted by molar-refractivity contribution is 6.63. The fourth-order valence-corrected chi connectivity index (χ4v) is 4.03. The average molecular weight is 434 g/mol. The number of hydrogen-bond acceptors (Lipinski definition) is 4. The van der Waals surface area contributed by atoms with Crippen LogP contribution in [0.15, 0.2) is 91.1 Å². The van der Waals surface area contributed by atoms with Crippen molar-refractivity contribution in [1.29, 1.82) is 0 Å². The van der Waals surface area contributed by atoms with Crippen molar-refractivity contribution in [3.05, 3.63) is 91.1 Å². The highest BCUT2D eigenvalue weighted by Gasteiger charge is 2.52. The van der Waals surface area contributed by atoms with Gasteiger partial charge >= 0.3 is 7.12 Å². The molecule has 5 rings (SSSR count). The summed E-state index contributed by atoms with van der Waals surface area (Å²) in [5.74, 6) is 0. The zero-order valence-corrected chi connectivity index (χ0v) is 19.4. The summed E-state index contributed by atoms with van der Waals surface area (Å²) in [6, 6.07) is 28.5. The van der Waals surface area contributed by atoms with Crippen LogP contribution in [0.1, 0.15) is 27.7 Å². The van der Waals surface area contributed by atoms with E-state index in [2.05, 4.69) is 58.0 Å². The Labute approximate surface area is 195 Å². The Balaban J connectivity index is 1.64. The van der Waals surface area contributed by atoms with Crippen LogP contribution in [0.3, 0.4) is 0 Å². The summed E-state index contributed by atoms with van der Waals surface area (Å²) < 4.78 is 12.7. The van der Waals surface area contributed by atoms with Crippen LogP contribution in [0.4, 0.5) is 0 Å². The molecule has 5 heteroatoms. The predicted octanol–water partition coefficient (Wildman–Crippen LogP) is 5.78. The lowest BCUT2D eigenvalue weighted by atomic mass is 9.75. The molecule has 0 radical (unpaired) electrons. The van der Waals surface area contributed by atoms with Gasteiger partial charge in [0.25, 0.3) is 0 Å². The Bertz CT molecular complexity index is 1260. The van der Waals surface area contributed by atoms with Gasteiger partial charge in [0.05, 0.1) is 34.5 Å². The van der Waals surface area contributed by atoms with E-state index in [1.54, 1.807) is 0 Å². The van der Waals surface area contributed by atoms with Gasteiger partial charge in [-0.1, -0.05) is 84.9 Å². The van der Waals surface area contributed by atoms with Gasteiger partial charge in [-0.15, -0.1) is 0 Å². The van der Waals surface area contributed by atoms with Crippen molar-refractivity contribution >= 4 is 12.6 Å². The number of hydrogen-bond donors (Lipinski definition) is 0. The van der Waals surface area contributed by atoms with E-state index in [-0.39, 0.29) is 0 Å². The average Bonchev–Trinajstić information content (AvgIpc) is 3.06. The summed E-state index contributed by atoms with van der Waals surface area (Å²) >= 11 is 0. The monoisotopic (exact) mass is 434 g/mol. The van der Waals surface area contributed by atoms with E-state index in [0.717, 1.165) is 39.2 Å². The van der Waals surface area contributed by atoms with E-state index in [9.17, 15) is 0 Å². The summed E-state index contributed by atoms with van der Waals surface area (Å²) in [5.41, 5.74) is 5.65. The molecule has 0 N–H and O–H groups in total. The second-order valence-corrected chi connectivity index (χ2v) is 9.36. The van der Waals surface area contributed by atoms with E-state index in [4.69, 9.17) is 19.3 Å². The number of rotatable bonds is 4. The third-order valence-electron chi connectivity index (χ3n) is 6.61. The molecule has 0 atom stereocenters. The molecular formula is C28H27BN2O2. The number of nitrogens with zero attached hydrogens (tertiary/aromatic N) is 2. The van der Waals surface area contributed by atoms with Crippen molar-refractivity contribution in [2.45, 2.75) is 38.9 Å². The minimum atomic E-state index is -0.470. The molecule has 0 amide bonds. The van der Waals surface area contributed by atoms with E-state index < -0.39 is 18.3 Å². The first-order valence-corrected chi connectivity index (χ1v) is 11.3. The van der Waals surface area contributed by atoms with Crippen molar-refractivity contribution < 1.29 is 9.31 Å². The first-order valence-electron chi connectivity index (χ1n) is 11.3. The molecule has 1 aromatic heterocycles. The molecule has 0 spiro atoms. The quantitative estimate of drug-likeness (QED) is 0.382. The second-order valence-electron chi connectivity index (χ2n) is 9.36. The largest absolute Gasteiger partial charge is 0.495 e. The minimum absolute atomic E-state index is 0.414. The highest BCUT2D eigenvalue weighted by atomic mass is 16.7. The molecule has 0 aliphatic carbocycles. The summed E-state index contributed by atoms with van der Waals surface area (Å²) in [7, 11) is -0.470. The zero-order valence-electron chi connectivity index (χ0n) is 19.4. The third kappa shape index (κ3) is 3.99. The van der Waals surface area contributed by atoms with Gasteiger partial charge in [-0.25, -0.2) is 4.98 Å². The zero-order chi connectivity index (χ0) is 23.1. The van der Waals surface area contributed by atoms with Crippen LogP contribution in [0.5, 0.6) is 0 Å². The maximum absolute atomic E-state index is 6.35. The fraction of sp³-hybridized carbons (Fsp3) is 0.214. The molecule has 33 heavy (non-hydrogen) atoms. The third-order valence-corrected chi connectivity index (χ3v) is 6.61. The normalized spacial score (nSPS) is 16.7. The molecule has 3 aromatic carbocycles. The maximum atomic E-state index is 6.35. The van der Waals surface area contributed by atoms with Gasteiger partial charge in [0, 0.05) is 16.7 Å². The summed E-state index contributed by atoms with van der Waals surface area (Å²) in [4.78, 5) is 10.0. The van der Waals surface area contributed by atoms with Crippen LogP contribution >= 0.6 is 0 Å². The predicted molar refractivity (Wildman–Crippen MR) is 134 cm³/mol. The van der Waals surface area contributed by atoms with Crippen molar-refractivity contribution in [3.63, 3.8) is 0 Å². The van der Waals surface area contributed by atoms with Gasteiger partial charge in [-0.2, -0.15) is 0 Å². The molecule has 1 aliphatic heterocycles. The van der Waals surface area contributed by atoms with Gasteiger partial charge in [-0.3, -0.25) is 4.98 Å². The highest BCUT2D eigenvalue weighted by Crippen LogP contribution is 2.37. The van der Waals surface area contributed by atoms with Crippen LogP contribution in [0, 0.1) is 0 Å². The van der Waals surface area contributed by atoms with E-state index in [0.29, 0.717) is 0 Å². The summed E-state index contributed by atoms with van der Waals surface area (Å²) in [6.07, 6.45) is 1.85. The Hall–Kier alpha value is -3.28. The van der Waals surface area contributed by atoms with Gasteiger partial charge in [0.2, 0.25) is 0 Å². The van der Waals surface area contributed by atoms with Crippen molar-refractivity contribution in [1.82, 2.24) is 9.97 Å². The molecule has 164 valence electrons. The van der Waals surface area contributed by atoms with Gasteiger partial charge in [0.1, 0.15) is 0 Å². The maximum Gasteiger partial charge on any atom is 0.495 e. The molecule has 1 fully saturated rings. The van der Waals surface area contributed by atoms with E-state index in [1.807, 2.05) is 60.8 Å². The Morgan fingerprint density at radius 2 is 1.15 bits per heavy atom. The van der Waals surface area contributed by atoms with Gasteiger partial charge in [0.15, 0.2) is 0 Å². The molecule has 2 heterocycles. The first kappa shape index (κ1) is 21.6. The second kappa shape index (κ2) is 8.25. The molecule has 0 bridgehead atoms. The summed E-state index contributed by atoms with van der Waals surface area (Å²) in [5, 5.41) is 0. The molecule has 4 nitrogen and oxygen atoms in total. The van der Waals surface area contributed by atoms with Crippen molar-refractivity contribution in [2.75, 3.05) is 0 Å². The standard InChI is InChI=1S/C28H27BN2O2/c1-27(2)28(3,4)33-29(32-27)23-18-12-11-17-22(23)24-19-30-25(20-13-7-5-8-14-20)26(31-24)21-15-9-6-10-16-21/h5-19H,1-4H3. The van der Waals surface area contributed by atoms with Crippen LogP contribution in [0.25, 0.3) is 33.8 Å². The molecule has 0 unspecified atom stereocenters. The Kier molecular flexibility index (Phi) is 5.39. The Morgan fingerprint density at radius 1 is 0.636 bits per heavy atom. The molecule has 0 saturated carbocycles. The number of benzene rings is 3. The van der Waals surface area contributed by atoms with E-state index >= 15 is 0 Å². The molecule has 4 aromatic rings. The van der Waals surface area contributed by atoms with Gasteiger partial charge < -0.3 is 9.31 Å². The minimum Gasteiger partial charge on any atom is -0.399 e. The van der Waals surface area contributed by atoms with Crippen molar-refractivity contribution in [2.24, 2.45) is 0 Å². The van der Waals surface area contributed by atoms with Crippen LogP contribution in [-0.2, 0) is 9.31 Å².